The third kappa shape index (κ3) is 4.00. The van der Waals surface area contributed by atoms with Crippen molar-refractivity contribution in [2.24, 2.45) is 0 Å². The molecule has 0 spiro atoms. The second kappa shape index (κ2) is 8.84. The van der Waals surface area contributed by atoms with Crippen LogP contribution in [0.25, 0.3) is 0 Å². The van der Waals surface area contributed by atoms with Gasteiger partial charge in [-0.15, -0.1) is 0 Å². The highest BCUT2D eigenvalue weighted by molar-refractivity contribution is 6.31. The van der Waals surface area contributed by atoms with E-state index >= 15 is 0 Å². The maximum atomic E-state index is 14.0. The fourth-order valence-corrected chi connectivity index (χ4v) is 4.96. The Bertz CT molecular complexity index is 1500. The minimum atomic E-state index is -5.21. The molecule has 2 atom stereocenters. The van der Waals surface area contributed by atoms with E-state index in [4.69, 9.17) is 11.6 Å². The first-order valence-electron chi connectivity index (χ1n) is 11.1. The topological polar surface area (TPSA) is 93.7 Å². The number of nitrogens with zero attached hydrogens (tertiary/aromatic N) is 1. The molecule has 0 aromatic heterocycles. The Morgan fingerprint density at radius 2 is 1.82 bits per heavy atom. The molecule has 2 heterocycles. The number of halogens is 6. The van der Waals surface area contributed by atoms with E-state index in [1.54, 1.807) is 7.05 Å². The van der Waals surface area contributed by atoms with Crippen molar-refractivity contribution in [3.05, 3.63) is 87.4 Å². The first-order valence-corrected chi connectivity index (χ1v) is 11.5. The summed E-state index contributed by atoms with van der Waals surface area (Å²) in [5.41, 5.74) is -3.74. The number of fused-ring (bicyclic) bond motifs is 2. The third-order valence-corrected chi connectivity index (χ3v) is 6.93. The van der Waals surface area contributed by atoms with Crippen molar-refractivity contribution in [1.29, 1.82) is 0 Å². The largest absolute Gasteiger partial charge is 0.423 e. The number of benzene rings is 3. The van der Waals surface area contributed by atoms with Gasteiger partial charge >= 0.3 is 12.2 Å². The van der Waals surface area contributed by atoms with Crippen LogP contribution in [-0.2, 0) is 5.60 Å². The molecule has 0 unspecified atom stereocenters. The standard InChI is InChI=1S/C25H18ClF5N4O3/c1-32-13-8-15-20(21(34-22(15)36)14-6-11(27)2-4-17(14)26)18(9-13)33-23(37)35-10-24(38,25(29,30)31)16-7-12(28)3-5-19(16)35/h2-9,21,32,38H,10H2,1H3,(H,33,37)(H,34,36)/t21-,24-/m1/s1. The molecule has 2 aliphatic heterocycles. The van der Waals surface area contributed by atoms with Crippen LogP contribution in [-0.4, -0.2) is 36.8 Å². The SMILES string of the molecule is CNc1cc(NC(=O)N2C[C@](O)(C(F)(F)F)c3cc(F)ccc32)c2c(c1)C(=O)N[C@@H]2c1cc(F)ccc1Cl. The Labute approximate surface area is 217 Å². The zero-order valence-electron chi connectivity index (χ0n) is 19.4. The fourth-order valence-electron chi connectivity index (χ4n) is 4.73. The van der Waals surface area contributed by atoms with Gasteiger partial charge < -0.3 is 21.1 Å². The zero-order chi connectivity index (χ0) is 27.6. The Morgan fingerprint density at radius 1 is 1.13 bits per heavy atom. The van der Waals surface area contributed by atoms with Crippen molar-refractivity contribution in [3.63, 3.8) is 0 Å². The maximum absolute atomic E-state index is 14.0. The highest BCUT2D eigenvalue weighted by Gasteiger charge is 2.61. The van der Waals surface area contributed by atoms with E-state index in [2.05, 4.69) is 16.0 Å². The van der Waals surface area contributed by atoms with Gasteiger partial charge in [-0.05, 0) is 48.5 Å². The Hall–Kier alpha value is -3.90. The summed E-state index contributed by atoms with van der Waals surface area (Å²) < 4.78 is 69.3. The predicted octanol–water partition coefficient (Wildman–Crippen LogP) is 5.29. The van der Waals surface area contributed by atoms with E-state index in [1.807, 2.05) is 0 Å². The quantitative estimate of drug-likeness (QED) is 0.332. The summed E-state index contributed by atoms with van der Waals surface area (Å²) in [7, 11) is 1.55. The van der Waals surface area contributed by atoms with Gasteiger partial charge in [0.1, 0.15) is 11.6 Å². The first kappa shape index (κ1) is 25.7. The van der Waals surface area contributed by atoms with Gasteiger partial charge in [-0.25, -0.2) is 13.6 Å². The van der Waals surface area contributed by atoms with Gasteiger partial charge in [-0.2, -0.15) is 13.2 Å². The molecule has 5 rings (SSSR count). The summed E-state index contributed by atoms with van der Waals surface area (Å²) in [6.45, 7) is -1.23. The number of β-amino-alcohol motifs (C(OH)–C–C–N with tert-alkyl or cyclic N) is 1. The van der Waals surface area contributed by atoms with Crippen LogP contribution in [0.4, 0.5) is 43.8 Å². The third-order valence-electron chi connectivity index (χ3n) is 6.58. The molecule has 0 radical (unpaired) electrons. The van der Waals surface area contributed by atoms with Gasteiger partial charge in [-0.1, -0.05) is 11.6 Å². The van der Waals surface area contributed by atoms with Gasteiger partial charge in [0.25, 0.3) is 5.91 Å². The van der Waals surface area contributed by atoms with Crippen molar-refractivity contribution >= 4 is 40.6 Å². The van der Waals surface area contributed by atoms with Gasteiger partial charge in [-0.3, -0.25) is 9.69 Å². The highest BCUT2D eigenvalue weighted by Crippen LogP contribution is 2.49. The minimum absolute atomic E-state index is 0.0200. The van der Waals surface area contributed by atoms with Crippen LogP contribution in [0.1, 0.15) is 33.1 Å². The number of nitrogens with one attached hydrogen (secondary N) is 3. The lowest BCUT2D eigenvalue weighted by atomic mass is 9.95. The Morgan fingerprint density at radius 3 is 2.50 bits per heavy atom. The molecular formula is C25H18ClF5N4O3. The number of hydrogen-bond acceptors (Lipinski definition) is 4. The van der Waals surface area contributed by atoms with Crippen LogP contribution >= 0.6 is 11.6 Å². The number of alkyl halides is 3. The van der Waals surface area contributed by atoms with Crippen LogP contribution in [0, 0.1) is 11.6 Å². The molecule has 38 heavy (non-hydrogen) atoms. The predicted molar refractivity (Wildman–Crippen MR) is 129 cm³/mol. The summed E-state index contributed by atoms with van der Waals surface area (Å²) >= 11 is 6.26. The molecule has 3 aromatic rings. The second-order valence-electron chi connectivity index (χ2n) is 8.84. The lowest BCUT2D eigenvalue weighted by Crippen LogP contribution is -2.48. The second-order valence-corrected chi connectivity index (χ2v) is 9.25. The summed E-state index contributed by atoms with van der Waals surface area (Å²) in [4.78, 5) is 26.8. The molecule has 4 N–H and O–H groups in total. The molecule has 198 valence electrons. The molecule has 2 aliphatic rings. The average Bonchev–Trinajstić information content (AvgIpc) is 3.35. The van der Waals surface area contributed by atoms with Crippen molar-refractivity contribution < 1.29 is 36.6 Å². The van der Waals surface area contributed by atoms with Crippen molar-refractivity contribution in [2.75, 3.05) is 29.1 Å². The molecule has 0 bridgehead atoms. The molecule has 0 saturated carbocycles. The van der Waals surface area contributed by atoms with Crippen molar-refractivity contribution in [1.82, 2.24) is 5.32 Å². The van der Waals surface area contributed by atoms with E-state index in [1.165, 1.54) is 18.2 Å². The lowest BCUT2D eigenvalue weighted by Gasteiger charge is -2.27. The molecule has 7 nitrogen and oxygen atoms in total. The van der Waals surface area contributed by atoms with E-state index in [0.717, 1.165) is 24.3 Å². The molecule has 3 amide bonds. The summed E-state index contributed by atoms with van der Waals surface area (Å²) in [5.74, 6) is -2.20. The molecule has 0 fully saturated rings. The van der Waals surface area contributed by atoms with Crippen molar-refractivity contribution in [2.45, 2.75) is 17.8 Å². The molecule has 0 saturated heterocycles. The number of hydrogen-bond donors (Lipinski definition) is 4. The number of anilines is 3. The van der Waals surface area contributed by atoms with Gasteiger partial charge in [0, 0.05) is 40.0 Å². The monoisotopic (exact) mass is 552 g/mol. The number of carbonyl (C=O) groups is 2. The number of urea groups is 1. The van der Waals surface area contributed by atoms with E-state index in [9.17, 15) is 36.6 Å². The smallest absolute Gasteiger partial charge is 0.388 e. The molecule has 13 heteroatoms. The van der Waals surface area contributed by atoms with Crippen molar-refractivity contribution in [3.8, 4) is 0 Å². The van der Waals surface area contributed by atoms with Crippen LogP contribution in [0.15, 0.2) is 48.5 Å². The highest BCUT2D eigenvalue weighted by atomic mass is 35.5. The van der Waals surface area contributed by atoms with E-state index in [-0.39, 0.29) is 33.1 Å². The number of aliphatic hydroxyl groups is 1. The van der Waals surface area contributed by atoms with Gasteiger partial charge in [0.2, 0.25) is 5.60 Å². The fraction of sp³-hybridized carbons (Fsp3) is 0.200. The Balaban J connectivity index is 1.59. The number of rotatable bonds is 3. The van der Waals surface area contributed by atoms with E-state index in [0.29, 0.717) is 16.7 Å². The number of carbonyl (C=O) groups excluding carboxylic acids is 2. The summed E-state index contributed by atoms with van der Waals surface area (Å²) in [6.07, 6.45) is -5.21. The van der Waals surface area contributed by atoms with Gasteiger partial charge in [0.05, 0.1) is 24.0 Å². The lowest BCUT2D eigenvalue weighted by molar-refractivity contribution is -0.258. The van der Waals surface area contributed by atoms with Crippen LogP contribution in [0.3, 0.4) is 0 Å². The van der Waals surface area contributed by atoms with Crippen LogP contribution in [0.2, 0.25) is 5.02 Å². The van der Waals surface area contributed by atoms with E-state index < -0.39 is 53.5 Å². The molecule has 0 aliphatic carbocycles. The number of amides is 3. The average molecular weight is 553 g/mol. The maximum Gasteiger partial charge on any atom is 0.423 e. The molecular weight excluding hydrogens is 535 g/mol. The summed E-state index contributed by atoms with van der Waals surface area (Å²) in [6, 6.07) is 6.76. The van der Waals surface area contributed by atoms with Crippen LogP contribution < -0.4 is 20.9 Å². The van der Waals surface area contributed by atoms with Crippen LogP contribution in [0.5, 0.6) is 0 Å². The molecule has 3 aromatic carbocycles. The van der Waals surface area contributed by atoms with Gasteiger partial charge in [0.15, 0.2) is 0 Å². The normalized spacial score (nSPS) is 20.2. The minimum Gasteiger partial charge on any atom is -0.388 e. The first-order chi connectivity index (χ1) is 17.8. The summed E-state index contributed by atoms with van der Waals surface area (Å²) in [5, 5.41) is 18.6. The zero-order valence-corrected chi connectivity index (χ0v) is 20.1. The Kier molecular flexibility index (Phi) is 5.99.